The summed E-state index contributed by atoms with van der Waals surface area (Å²) in [6.45, 7) is 4.29. The molecule has 0 heterocycles. The van der Waals surface area contributed by atoms with Crippen LogP contribution < -0.4 is 0 Å². The summed E-state index contributed by atoms with van der Waals surface area (Å²) in [5.74, 6) is 3.93. The molecule has 3 aromatic rings. The molecule has 0 nitrogen and oxygen atoms in total. The zero-order valence-corrected chi connectivity index (χ0v) is 26.9. The van der Waals surface area contributed by atoms with Crippen molar-refractivity contribution in [1.82, 2.24) is 0 Å². The van der Waals surface area contributed by atoms with Crippen LogP contribution in [0.2, 0.25) is 0 Å². The molecule has 0 spiro atoms. The van der Waals surface area contributed by atoms with Crippen molar-refractivity contribution in [3.63, 3.8) is 0 Å². The first-order chi connectivity index (χ1) is 21.4. The molecule has 3 aromatic carbocycles. The molecule has 232 valence electrons. The molecule has 0 radical (unpaired) electrons. The molecule has 0 amide bonds. The lowest BCUT2D eigenvalue weighted by Crippen LogP contribution is -2.69. The van der Waals surface area contributed by atoms with Gasteiger partial charge in [-0.2, -0.15) is 0 Å². The van der Waals surface area contributed by atoms with Crippen molar-refractivity contribution in [1.29, 1.82) is 0 Å². The van der Waals surface area contributed by atoms with Crippen molar-refractivity contribution < 1.29 is 8.78 Å². The molecule has 10 rings (SSSR count). The molecule has 7 fully saturated rings. The van der Waals surface area contributed by atoms with E-state index in [1.807, 2.05) is 6.92 Å². The second-order valence-corrected chi connectivity index (χ2v) is 15.9. The van der Waals surface area contributed by atoms with Gasteiger partial charge in [0.1, 0.15) is 0 Å². The highest BCUT2D eigenvalue weighted by molar-refractivity contribution is 5.65. The van der Waals surface area contributed by atoms with Gasteiger partial charge in [0.15, 0.2) is 11.6 Å². The first-order valence-electron chi connectivity index (χ1n) is 18.1. The number of aryl methyl sites for hydroxylation is 2. The van der Waals surface area contributed by atoms with Crippen LogP contribution in [-0.2, 0) is 23.7 Å². The Morgan fingerprint density at radius 3 is 1.52 bits per heavy atom. The largest absolute Gasteiger partial charge is 0.203 e. The van der Waals surface area contributed by atoms with Gasteiger partial charge in [-0.1, -0.05) is 107 Å². The van der Waals surface area contributed by atoms with Gasteiger partial charge in [-0.05, 0) is 132 Å². The first-order valence-corrected chi connectivity index (χ1v) is 18.1. The maximum Gasteiger partial charge on any atom is 0.166 e. The summed E-state index contributed by atoms with van der Waals surface area (Å²) in [4.78, 5) is 0. The highest BCUT2D eigenvalue weighted by Gasteiger charge is 2.70. The van der Waals surface area contributed by atoms with E-state index >= 15 is 4.39 Å². The van der Waals surface area contributed by atoms with Gasteiger partial charge in [-0.15, -0.1) is 0 Å². The van der Waals surface area contributed by atoms with E-state index < -0.39 is 11.6 Å². The molecule has 2 heteroatoms. The summed E-state index contributed by atoms with van der Waals surface area (Å²) in [5, 5.41) is 0. The number of benzene rings is 3. The van der Waals surface area contributed by atoms with Crippen molar-refractivity contribution in [3.05, 3.63) is 94.6 Å². The normalized spacial score (nSPS) is 34.3. The molecule has 7 saturated carbocycles. The van der Waals surface area contributed by atoms with Crippen molar-refractivity contribution >= 4 is 0 Å². The Bertz CT molecular complexity index is 1430. The van der Waals surface area contributed by atoms with Crippen molar-refractivity contribution in [2.45, 2.75) is 115 Å². The van der Waals surface area contributed by atoms with Gasteiger partial charge in [-0.25, -0.2) is 8.78 Å². The van der Waals surface area contributed by atoms with Crippen LogP contribution in [0.1, 0.15) is 113 Å². The monoisotopic (exact) mass is 592 g/mol. The van der Waals surface area contributed by atoms with Crippen molar-refractivity contribution in [2.75, 3.05) is 0 Å². The zero-order chi connectivity index (χ0) is 30.1. The average molecular weight is 593 g/mol. The summed E-state index contributed by atoms with van der Waals surface area (Å²) in [5.41, 5.74) is 7.01. The van der Waals surface area contributed by atoms with Gasteiger partial charge in [0.25, 0.3) is 0 Å². The Labute approximate surface area is 264 Å². The molecule has 44 heavy (non-hydrogen) atoms. The predicted molar refractivity (Wildman–Crippen MR) is 177 cm³/mol. The quantitative estimate of drug-likeness (QED) is 0.194. The average Bonchev–Trinajstić information content (AvgIpc) is 3.06. The van der Waals surface area contributed by atoms with Crippen LogP contribution in [0.4, 0.5) is 8.78 Å². The zero-order valence-electron chi connectivity index (χ0n) is 26.9. The third-order valence-electron chi connectivity index (χ3n) is 13.7. The fourth-order valence-corrected chi connectivity index (χ4v) is 11.9. The maximum atomic E-state index is 15.0. The number of halogens is 2. The van der Waals surface area contributed by atoms with Crippen LogP contribution in [0.25, 0.3) is 11.1 Å². The van der Waals surface area contributed by atoms with Crippen LogP contribution in [-0.4, -0.2) is 0 Å². The van der Waals surface area contributed by atoms with Crippen LogP contribution in [0.5, 0.6) is 0 Å². The number of rotatable bonds is 11. The van der Waals surface area contributed by atoms with E-state index in [4.69, 9.17) is 0 Å². The molecule has 7 aliphatic carbocycles. The van der Waals surface area contributed by atoms with Gasteiger partial charge >= 0.3 is 0 Å². The van der Waals surface area contributed by atoms with E-state index in [2.05, 4.69) is 55.5 Å². The summed E-state index contributed by atoms with van der Waals surface area (Å²) in [6.07, 6.45) is 17.6. The number of unbranched alkanes of at least 4 members (excludes halogenated alkanes) is 4. The second-order valence-electron chi connectivity index (χ2n) is 15.9. The molecule has 0 saturated heterocycles. The summed E-state index contributed by atoms with van der Waals surface area (Å²) in [7, 11) is 0. The molecule has 7 aliphatic rings. The van der Waals surface area contributed by atoms with E-state index in [1.165, 1.54) is 88.2 Å². The summed E-state index contributed by atoms with van der Waals surface area (Å²) >= 11 is 0. The van der Waals surface area contributed by atoms with Crippen LogP contribution in [0.3, 0.4) is 0 Å². The molecular formula is C42H50F2. The lowest BCUT2D eigenvalue weighted by Gasteiger charge is -2.75. The topological polar surface area (TPSA) is 0 Å². The van der Waals surface area contributed by atoms with Gasteiger partial charge in [0, 0.05) is 5.56 Å². The fourth-order valence-electron chi connectivity index (χ4n) is 11.9. The minimum Gasteiger partial charge on any atom is -0.203 e. The highest BCUT2D eigenvalue weighted by Crippen LogP contribution is 2.77. The number of hydrogen-bond donors (Lipinski definition) is 0. The van der Waals surface area contributed by atoms with Crippen molar-refractivity contribution in [2.24, 2.45) is 35.5 Å². The van der Waals surface area contributed by atoms with Crippen LogP contribution >= 0.6 is 0 Å². The third-order valence-corrected chi connectivity index (χ3v) is 13.7. The van der Waals surface area contributed by atoms with E-state index in [-0.39, 0.29) is 5.41 Å². The minimum atomic E-state index is -0.697. The molecule has 0 atom stereocenters. The Morgan fingerprint density at radius 2 is 1.02 bits per heavy atom. The van der Waals surface area contributed by atoms with E-state index in [9.17, 15) is 4.39 Å². The molecule has 8 bridgehead atoms. The van der Waals surface area contributed by atoms with Crippen LogP contribution in [0, 0.1) is 47.1 Å². The standard InChI is InChI=1S/C42H50F2/c1-3-5-6-7-8-10-27-11-16-30(17-12-27)41-21-33-36-24-42(25-37(33)35(23-41)38(26-42)34(36)22-41)31-18-13-28(14-19-31)32-20-15-29(9-4-2)39(43)40(32)44/h11-20,33-38H,3-10,21-26H2,1-2H3. The summed E-state index contributed by atoms with van der Waals surface area (Å²) < 4.78 is 29.8. The Kier molecular flexibility index (Phi) is 7.30. The lowest BCUT2D eigenvalue weighted by atomic mass is 9.29. The van der Waals surface area contributed by atoms with Gasteiger partial charge in [0.05, 0.1) is 0 Å². The molecule has 0 unspecified atom stereocenters. The van der Waals surface area contributed by atoms with Crippen LogP contribution in [0.15, 0.2) is 60.7 Å². The fraction of sp³-hybridized carbons (Fsp3) is 0.571. The van der Waals surface area contributed by atoms with Gasteiger partial charge in [-0.3, -0.25) is 0 Å². The third kappa shape index (κ3) is 4.47. The van der Waals surface area contributed by atoms with E-state index in [0.29, 0.717) is 23.0 Å². The molecule has 0 aromatic heterocycles. The molecule has 0 aliphatic heterocycles. The smallest absolute Gasteiger partial charge is 0.166 e. The Hall–Kier alpha value is -2.48. The maximum absolute atomic E-state index is 15.0. The highest BCUT2D eigenvalue weighted by atomic mass is 19.2. The second kappa shape index (κ2) is 11.1. The molecular weight excluding hydrogens is 542 g/mol. The summed E-state index contributed by atoms with van der Waals surface area (Å²) in [6, 6.07) is 22.2. The van der Waals surface area contributed by atoms with E-state index in [0.717, 1.165) is 47.5 Å². The van der Waals surface area contributed by atoms with Gasteiger partial charge in [0.2, 0.25) is 0 Å². The SMILES string of the molecule is CCCCCCCc1ccc(C23CC4C5CC6(c7ccc(-c8ccc(CCC)c(F)c8F)cc7)CC4C(C2)C(C6)C5C3)cc1. The lowest BCUT2D eigenvalue weighted by molar-refractivity contribution is -0.221. The van der Waals surface area contributed by atoms with Gasteiger partial charge < -0.3 is 0 Å². The Balaban J connectivity index is 0.988. The molecule has 0 N–H and O–H groups in total. The minimum absolute atomic E-state index is 0.285. The predicted octanol–water partition coefficient (Wildman–Crippen LogP) is 11.4. The first kappa shape index (κ1) is 29.0. The van der Waals surface area contributed by atoms with Crippen molar-refractivity contribution in [3.8, 4) is 11.1 Å². The number of hydrogen-bond acceptors (Lipinski definition) is 0. The van der Waals surface area contributed by atoms with E-state index in [1.54, 1.807) is 17.7 Å². The Morgan fingerprint density at radius 1 is 0.523 bits per heavy atom.